The van der Waals surface area contributed by atoms with Crippen molar-refractivity contribution >= 4 is 27.5 Å². The normalized spacial score (nSPS) is 11.5. The molecule has 0 saturated heterocycles. The summed E-state index contributed by atoms with van der Waals surface area (Å²) in [5.41, 5.74) is 2.48. The van der Waals surface area contributed by atoms with Gasteiger partial charge in [0, 0.05) is 5.54 Å². The van der Waals surface area contributed by atoms with E-state index in [-0.39, 0.29) is 0 Å². The summed E-state index contributed by atoms with van der Waals surface area (Å²) in [4.78, 5) is 4.02. The Morgan fingerprint density at radius 1 is 1.69 bits per heavy atom. The Hall–Kier alpha value is -0.540. The molecule has 0 amide bonds. The minimum atomic E-state index is 0.493. The number of hydrogen-bond donors (Lipinski definition) is 0. The van der Waals surface area contributed by atoms with Gasteiger partial charge in [-0.1, -0.05) is 11.6 Å². The molecule has 70 valence electrons. The van der Waals surface area contributed by atoms with Crippen molar-refractivity contribution in [3.8, 4) is 5.75 Å². The van der Waals surface area contributed by atoms with E-state index in [1.54, 1.807) is 6.20 Å². The smallest absolute Gasteiger partial charge is 0.138 e. The molecule has 0 N–H and O–H groups in total. The van der Waals surface area contributed by atoms with Crippen LogP contribution >= 0.6 is 27.5 Å². The molecule has 0 bridgehead atoms. The van der Waals surface area contributed by atoms with Crippen LogP contribution in [0, 0.1) is 0 Å². The molecule has 0 unspecified atom stereocenters. The highest BCUT2D eigenvalue weighted by molar-refractivity contribution is 9.10. The van der Waals surface area contributed by atoms with Crippen LogP contribution in [0.5, 0.6) is 5.75 Å². The van der Waals surface area contributed by atoms with E-state index in [4.69, 9.17) is 16.3 Å². The average Bonchev–Trinajstić information content (AvgIpc) is 2.16. The van der Waals surface area contributed by atoms with Gasteiger partial charge in [0.05, 0.1) is 6.20 Å². The van der Waals surface area contributed by atoms with Gasteiger partial charge < -0.3 is 4.74 Å². The molecule has 4 heteroatoms. The molecule has 13 heavy (non-hydrogen) atoms. The van der Waals surface area contributed by atoms with Gasteiger partial charge in [-0.2, -0.15) is 0 Å². The van der Waals surface area contributed by atoms with E-state index in [0.717, 1.165) is 15.9 Å². The van der Waals surface area contributed by atoms with Gasteiger partial charge in [0.1, 0.15) is 17.0 Å². The van der Waals surface area contributed by atoms with Crippen molar-refractivity contribution in [3.63, 3.8) is 0 Å². The topological polar surface area (TPSA) is 22.1 Å². The van der Waals surface area contributed by atoms with Gasteiger partial charge in [-0.25, -0.2) is 4.98 Å². The number of pyridine rings is 1. The second-order valence-corrected chi connectivity index (χ2v) is 3.59. The summed E-state index contributed by atoms with van der Waals surface area (Å²) in [6.07, 6.45) is 1.66. The number of rotatable bonds is 3. The van der Waals surface area contributed by atoms with E-state index in [2.05, 4.69) is 20.9 Å². The molecule has 2 nitrogen and oxygen atoms in total. The number of hydrogen-bond acceptors (Lipinski definition) is 2. The Bertz CT molecular complexity index is 297. The summed E-state index contributed by atoms with van der Waals surface area (Å²) in [6.45, 7) is 2.39. The number of aromatic nitrogens is 1. The van der Waals surface area contributed by atoms with Crippen LogP contribution in [-0.4, -0.2) is 11.6 Å². The second kappa shape index (κ2) is 5.25. The first-order chi connectivity index (χ1) is 6.22. The minimum Gasteiger partial charge on any atom is -0.488 e. The summed E-state index contributed by atoms with van der Waals surface area (Å²) in [5.74, 6) is 0.737. The number of halogens is 2. The number of ether oxygens (including phenoxy) is 1. The third kappa shape index (κ3) is 3.79. The van der Waals surface area contributed by atoms with Gasteiger partial charge in [0.2, 0.25) is 0 Å². The molecule has 0 aromatic carbocycles. The van der Waals surface area contributed by atoms with Crippen LogP contribution < -0.4 is 4.74 Å². The number of nitrogens with zero attached hydrogens (tertiary/aromatic N) is 1. The fourth-order valence-electron chi connectivity index (χ4n) is 0.676. The predicted molar refractivity (Wildman–Crippen MR) is 57.0 cm³/mol. The Labute approximate surface area is 90.7 Å². The van der Waals surface area contributed by atoms with Crippen LogP contribution in [0.4, 0.5) is 0 Å². The summed E-state index contributed by atoms with van der Waals surface area (Å²) < 4.78 is 6.17. The van der Waals surface area contributed by atoms with E-state index in [1.165, 1.54) is 5.54 Å². The average molecular weight is 263 g/mol. The van der Waals surface area contributed by atoms with Crippen LogP contribution in [0.1, 0.15) is 6.92 Å². The van der Waals surface area contributed by atoms with E-state index < -0.39 is 0 Å². The highest BCUT2D eigenvalue weighted by atomic mass is 79.9. The third-order valence-corrected chi connectivity index (χ3v) is 2.19. The lowest BCUT2D eigenvalue weighted by atomic mass is 10.4. The first kappa shape index (κ1) is 10.5. The van der Waals surface area contributed by atoms with Crippen LogP contribution in [0.15, 0.2) is 34.0 Å². The van der Waals surface area contributed by atoms with Crippen molar-refractivity contribution in [3.05, 3.63) is 34.0 Å². The van der Waals surface area contributed by atoms with Crippen LogP contribution in [0.2, 0.25) is 0 Å². The molecule has 0 aliphatic carbocycles. The summed E-state index contributed by atoms with van der Waals surface area (Å²) in [6, 6.07) is 3.67. The molecule has 0 spiro atoms. The van der Waals surface area contributed by atoms with E-state index in [1.807, 2.05) is 19.1 Å². The zero-order valence-corrected chi connectivity index (χ0v) is 9.47. The Kier molecular flexibility index (Phi) is 4.25. The van der Waals surface area contributed by atoms with Crippen molar-refractivity contribution in [2.75, 3.05) is 6.61 Å². The van der Waals surface area contributed by atoms with Gasteiger partial charge in [-0.05, 0) is 40.6 Å². The lowest BCUT2D eigenvalue weighted by Crippen LogP contribution is -1.98. The Morgan fingerprint density at radius 3 is 3.00 bits per heavy atom. The minimum absolute atomic E-state index is 0.493. The Balaban J connectivity index is 2.51. The largest absolute Gasteiger partial charge is 0.488 e. The summed E-state index contributed by atoms with van der Waals surface area (Å²) in [5, 5.41) is 0. The molecular weight excluding hydrogens is 253 g/mol. The SMILES string of the molecule is C/C(=C/Cl)COc1ccc(Br)nc1. The maximum absolute atomic E-state index is 5.48. The molecule has 0 saturated carbocycles. The first-order valence-electron chi connectivity index (χ1n) is 3.72. The first-order valence-corrected chi connectivity index (χ1v) is 4.95. The molecule has 0 radical (unpaired) electrons. The highest BCUT2D eigenvalue weighted by Crippen LogP contribution is 2.13. The van der Waals surface area contributed by atoms with Crippen molar-refractivity contribution in [2.45, 2.75) is 6.92 Å². The molecule has 0 fully saturated rings. The lowest BCUT2D eigenvalue weighted by Gasteiger charge is -2.04. The maximum atomic E-state index is 5.48. The van der Waals surface area contributed by atoms with Crippen LogP contribution in [0.25, 0.3) is 0 Å². The predicted octanol–water partition coefficient (Wildman–Crippen LogP) is 3.37. The van der Waals surface area contributed by atoms with Gasteiger partial charge in [0.15, 0.2) is 0 Å². The monoisotopic (exact) mass is 261 g/mol. The standard InChI is InChI=1S/C9H9BrClNO/c1-7(4-11)6-13-8-2-3-9(10)12-5-8/h2-5H,6H2,1H3/b7-4-. The molecule has 1 aromatic rings. The zero-order valence-electron chi connectivity index (χ0n) is 7.13. The maximum Gasteiger partial charge on any atom is 0.138 e. The highest BCUT2D eigenvalue weighted by Gasteiger charge is 1.94. The van der Waals surface area contributed by atoms with Crippen molar-refractivity contribution < 1.29 is 4.74 Å². The molecule has 1 rings (SSSR count). The van der Waals surface area contributed by atoms with E-state index in [0.29, 0.717) is 6.61 Å². The van der Waals surface area contributed by atoms with Gasteiger partial charge >= 0.3 is 0 Å². The van der Waals surface area contributed by atoms with Gasteiger partial charge in [-0.3, -0.25) is 0 Å². The molecule has 1 heterocycles. The third-order valence-electron chi connectivity index (χ3n) is 1.35. The summed E-state index contributed by atoms with van der Waals surface area (Å²) >= 11 is 8.72. The molecule has 1 aromatic heterocycles. The van der Waals surface area contributed by atoms with Gasteiger partial charge in [-0.15, -0.1) is 0 Å². The molecule has 0 aliphatic heterocycles. The fraction of sp³-hybridized carbons (Fsp3) is 0.222. The molecule has 0 atom stereocenters. The van der Waals surface area contributed by atoms with Crippen molar-refractivity contribution in [1.29, 1.82) is 0 Å². The van der Waals surface area contributed by atoms with Gasteiger partial charge in [0.25, 0.3) is 0 Å². The van der Waals surface area contributed by atoms with Crippen LogP contribution in [-0.2, 0) is 0 Å². The Morgan fingerprint density at radius 2 is 2.46 bits per heavy atom. The van der Waals surface area contributed by atoms with Crippen LogP contribution in [0.3, 0.4) is 0 Å². The lowest BCUT2D eigenvalue weighted by molar-refractivity contribution is 0.351. The van der Waals surface area contributed by atoms with E-state index in [9.17, 15) is 0 Å². The summed E-state index contributed by atoms with van der Waals surface area (Å²) in [7, 11) is 0. The van der Waals surface area contributed by atoms with Crippen molar-refractivity contribution in [1.82, 2.24) is 4.98 Å². The fourth-order valence-corrected chi connectivity index (χ4v) is 0.974. The second-order valence-electron chi connectivity index (χ2n) is 2.56. The molecule has 0 aliphatic rings. The molecular formula is C9H9BrClNO. The zero-order chi connectivity index (χ0) is 9.68. The quantitative estimate of drug-likeness (QED) is 0.779. The van der Waals surface area contributed by atoms with E-state index >= 15 is 0 Å². The van der Waals surface area contributed by atoms with Crippen molar-refractivity contribution in [2.24, 2.45) is 0 Å².